The number of primary amides is 1. The Morgan fingerprint density at radius 1 is 0.683 bits per heavy atom. The van der Waals surface area contributed by atoms with Crippen LogP contribution in [0.15, 0.2) is 109 Å². The fourth-order valence-corrected chi connectivity index (χ4v) is 9.08. The lowest BCUT2D eigenvalue weighted by molar-refractivity contribution is -0.146. The van der Waals surface area contributed by atoms with Gasteiger partial charge in [-0.15, -0.1) is 0 Å². The lowest BCUT2D eigenvalue weighted by Crippen LogP contribution is -2.59. The number of carbonyl (C=O) groups excluding carboxylic acids is 9. The fraction of sp³-hybridized carbons (Fsp3) is 0.357. The van der Waals surface area contributed by atoms with E-state index in [1.807, 2.05) is 6.92 Å². The number of carbonyl (C=O) groups is 10. The molecule has 0 aliphatic rings. The smallest absolute Gasteiger partial charge is 0.446 e. The number of benzene rings is 4. The van der Waals surface area contributed by atoms with Crippen LogP contribution in [0.2, 0.25) is 0 Å². The maximum Gasteiger partial charge on any atom is 0.446 e. The highest BCUT2D eigenvalue weighted by atomic mass is 32.3. The van der Waals surface area contributed by atoms with Crippen molar-refractivity contribution >= 4 is 80.6 Å². The zero-order valence-electron chi connectivity index (χ0n) is 45.4. The number of likely N-dealkylation sites (N-methyl/N-ethyl adjacent to an activating group) is 1. The molecule has 26 heteroatoms. The van der Waals surface area contributed by atoms with Gasteiger partial charge in [-0.1, -0.05) is 98.6 Å². The third kappa shape index (κ3) is 20.5. The van der Waals surface area contributed by atoms with Crippen LogP contribution in [0.25, 0.3) is 10.9 Å². The van der Waals surface area contributed by atoms with Crippen molar-refractivity contribution in [1.29, 1.82) is 0 Å². The van der Waals surface area contributed by atoms with Crippen LogP contribution >= 0.6 is 0 Å². The first-order chi connectivity index (χ1) is 39.0. The number of fused-ring (bicyclic) bond motifs is 1. The van der Waals surface area contributed by atoms with Crippen molar-refractivity contribution < 1.29 is 70.2 Å². The molecule has 0 spiro atoms. The van der Waals surface area contributed by atoms with Crippen molar-refractivity contribution in [1.82, 2.24) is 47.1 Å². The molecule has 25 nitrogen and oxygen atoms in total. The van der Waals surface area contributed by atoms with Gasteiger partial charge in [0.2, 0.25) is 41.4 Å². The van der Waals surface area contributed by atoms with Gasteiger partial charge in [0.25, 0.3) is 5.91 Å². The molecule has 1 aromatic heterocycles. The molecule has 0 aliphatic heterocycles. The van der Waals surface area contributed by atoms with Gasteiger partial charge in [-0.05, 0) is 79.1 Å². The number of nitrogens with zero attached hydrogens (tertiary/aromatic N) is 1. The van der Waals surface area contributed by atoms with Gasteiger partial charge in [-0.25, -0.2) is 4.79 Å². The average molecular weight is 1150 g/mol. The van der Waals surface area contributed by atoms with E-state index in [-0.39, 0.29) is 62.8 Å². The number of nitrogens with two attached hydrogens (primary N) is 1. The number of amides is 10. The lowest BCUT2D eigenvalue weighted by atomic mass is 10.0. The van der Waals surface area contributed by atoms with E-state index in [1.54, 1.807) is 92.0 Å². The predicted molar refractivity (Wildman–Crippen MR) is 299 cm³/mol. The molecule has 10 amide bonds. The van der Waals surface area contributed by atoms with Crippen LogP contribution in [0.3, 0.4) is 0 Å². The number of aromatic nitrogens is 1. The van der Waals surface area contributed by atoms with Gasteiger partial charge in [0.1, 0.15) is 36.0 Å². The van der Waals surface area contributed by atoms with Gasteiger partial charge in [-0.3, -0.25) is 53.0 Å². The number of nitrogens with one attached hydrogen (secondary N) is 8. The summed E-state index contributed by atoms with van der Waals surface area (Å²) in [7, 11) is -3.54. The number of para-hydroxylation sites is 1. The second-order valence-corrected chi connectivity index (χ2v) is 20.3. The highest BCUT2D eigenvalue weighted by Crippen LogP contribution is 2.20. The van der Waals surface area contributed by atoms with E-state index < -0.39 is 113 Å². The normalized spacial score (nSPS) is 12.9. The first-order valence-electron chi connectivity index (χ1n) is 26.3. The van der Waals surface area contributed by atoms with Crippen molar-refractivity contribution in [2.75, 3.05) is 20.1 Å². The maximum atomic E-state index is 14.6. The quantitative estimate of drug-likeness (QED) is 0.0223. The Kier molecular flexibility index (Phi) is 24.1. The summed E-state index contributed by atoms with van der Waals surface area (Å²) in [6, 6.07) is 19.6. The molecular formula is C56H68N10O15S. The Morgan fingerprint density at radius 3 is 1.98 bits per heavy atom. The van der Waals surface area contributed by atoms with E-state index in [0.717, 1.165) is 4.90 Å². The molecule has 4 aromatic carbocycles. The number of aryl methyl sites for hydroxylation is 1. The number of rotatable bonds is 31. The first-order valence-corrected chi connectivity index (χ1v) is 27.6. The van der Waals surface area contributed by atoms with Gasteiger partial charge in [-0.2, -0.15) is 8.42 Å². The van der Waals surface area contributed by atoms with Crippen LogP contribution < -0.4 is 47.1 Å². The summed E-state index contributed by atoms with van der Waals surface area (Å²) in [6.07, 6.45) is 1.61. The van der Waals surface area contributed by atoms with Crippen LogP contribution in [-0.2, 0) is 68.0 Å². The Morgan fingerprint density at radius 2 is 1.30 bits per heavy atom. The number of hydrogen-bond donors (Lipinski definition) is 11. The van der Waals surface area contributed by atoms with Crippen LogP contribution in [0.1, 0.15) is 84.5 Å². The average Bonchev–Trinajstić information content (AvgIpc) is 4.10. The second-order valence-electron chi connectivity index (χ2n) is 19.3. The van der Waals surface area contributed by atoms with Crippen molar-refractivity contribution in [2.24, 2.45) is 5.73 Å². The maximum absolute atomic E-state index is 14.6. The van der Waals surface area contributed by atoms with Crippen LogP contribution in [0, 0.1) is 6.92 Å². The summed E-state index contributed by atoms with van der Waals surface area (Å²) in [4.78, 5) is 138. The number of urea groups is 1. The van der Waals surface area contributed by atoms with Gasteiger partial charge in [0.15, 0.2) is 0 Å². The molecule has 0 fully saturated rings. The topological polar surface area (TPSA) is 384 Å². The van der Waals surface area contributed by atoms with Crippen LogP contribution in [0.4, 0.5) is 4.79 Å². The van der Waals surface area contributed by atoms with Crippen LogP contribution in [0.5, 0.6) is 5.75 Å². The van der Waals surface area contributed by atoms with Gasteiger partial charge in [0.05, 0.1) is 19.4 Å². The minimum absolute atomic E-state index is 0.0183. The van der Waals surface area contributed by atoms with E-state index in [2.05, 4.69) is 46.4 Å². The third-order valence-electron chi connectivity index (χ3n) is 13.0. The summed E-state index contributed by atoms with van der Waals surface area (Å²) in [5, 5.41) is 28.3. The van der Waals surface area contributed by atoms with Crippen molar-refractivity contribution in [2.45, 2.75) is 108 Å². The molecule has 5 atom stereocenters. The van der Waals surface area contributed by atoms with E-state index in [1.165, 1.54) is 31.3 Å². The molecule has 5 rings (SSSR count). The number of aromatic amines is 1. The van der Waals surface area contributed by atoms with E-state index in [9.17, 15) is 61.5 Å². The first kappa shape index (κ1) is 63.7. The molecule has 1 heterocycles. The summed E-state index contributed by atoms with van der Waals surface area (Å²) in [6.45, 7) is 2.87. The van der Waals surface area contributed by atoms with E-state index >= 15 is 0 Å². The molecule has 12 N–H and O–H groups in total. The molecule has 0 unspecified atom stereocenters. The van der Waals surface area contributed by atoms with Crippen LogP contribution in [-0.4, -0.2) is 138 Å². The molecule has 0 bridgehead atoms. The number of carboxylic acid groups (broad SMARTS) is 1. The Hall–Kier alpha value is -9.17. The summed E-state index contributed by atoms with van der Waals surface area (Å²) >= 11 is 0. The number of hydrogen-bond acceptors (Lipinski definition) is 13. The molecule has 0 saturated carbocycles. The standard InChI is InChI=1S/C56H68N10O15S/c1-4-5-20-42(61-47(67)29-36-23-25-38(26-24-36)81-82(78,79)80)52(73)60-33-48(68)62-44(30-37-32-59-41-21-12-11-19-40(37)41)54(75)63-43(22-13-14-27-58-56(77)65-51(72)39-18-10-9-15-34(39)2)53(74)64-45(31-49(69)70)55(76)66(3)46(50(57)71)28-35-16-7-6-8-17-35/h6-12,15-19,21,23-26,32,42-46,59H,4-5,13-14,20,22,27-31,33H2,1-3H3,(H2,57,71)(H,60,73)(H,61,67)(H,62,68)(H,63,75)(H,64,74)(H,69,70)(H,78,79,80)(H2,58,65,72,77)/t42-,43-,44-,45-,46-/m0/s1. The van der Waals surface area contributed by atoms with Gasteiger partial charge < -0.3 is 56.8 Å². The Labute approximate surface area is 473 Å². The molecule has 82 heavy (non-hydrogen) atoms. The highest BCUT2D eigenvalue weighted by molar-refractivity contribution is 7.81. The summed E-state index contributed by atoms with van der Waals surface area (Å²) in [5.41, 5.74) is 8.95. The molecule has 0 radical (unpaired) electrons. The van der Waals surface area contributed by atoms with Crippen molar-refractivity contribution in [3.8, 4) is 5.75 Å². The SMILES string of the molecule is CCCC[C@H](NC(=O)Cc1ccc(OS(=O)(=O)O)cc1)C(=O)NCC(=O)N[C@@H](Cc1c[nH]c2ccccc12)C(=O)N[C@@H](CCCCNC(=O)NC(=O)c1ccccc1C)C(=O)N[C@@H](CC(=O)O)C(=O)N(C)[C@@H](Cc1ccccc1)C(N)=O. The van der Waals surface area contributed by atoms with Crippen molar-refractivity contribution in [3.05, 3.63) is 137 Å². The number of H-pyrrole nitrogens is 1. The number of imide groups is 1. The van der Waals surface area contributed by atoms with Gasteiger partial charge >= 0.3 is 22.4 Å². The summed E-state index contributed by atoms with van der Waals surface area (Å²) < 4.78 is 35.5. The molecule has 0 saturated heterocycles. The highest BCUT2D eigenvalue weighted by Gasteiger charge is 2.35. The molecule has 5 aromatic rings. The third-order valence-corrected chi connectivity index (χ3v) is 13.4. The largest absolute Gasteiger partial charge is 0.481 e. The Balaban J connectivity index is 1.35. The number of unbranched alkanes of at least 4 members (excludes halogenated alkanes) is 2. The lowest BCUT2D eigenvalue weighted by Gasteiger charge is -2.30. The van der Waals surface area contributed by atoms with Crippen molar-refractivity contribution in [3.63, 3.8) is 0 Å². The fourth-order valence-electron chi connectivity index (χ4n) is 8.73. The van der Waals surface area contributed by atoms with E-state index in [0.29, 0.717) is 46.0 Å². The monoisotopic (exact) mass is 1150 g/mol. The summed E-state index contributed by atoms with van der Waals surface area (Å²) in [5.74, 6) is -8.35. The number of aliphatic carboxylic acids is 1. The zero-order valence-corrected chi connectivity index (χ0v) is 46.2. The van der Waals surface area contributed by atoms with E-state index in [4.69, 9.17) is 10.3 Å². The zero-order chi connectivity index (χ0) is 59.9. The van der Waals surface area contributed by atoms with Gasteiger partial charge in [0, 0.05) is 49.1 Å². The minimum atomic E-state index is -4.78. The number of carboxylic acids is 1. The predicted octanol–water partition coefficient (Wildman–Crippen LogP) is 2.03. The minimum Gasteiger partial charge on any atom is -0.481 e. The molecule has 0 aliphatic carbocycles. The molecule has 438 valence electrons. The molecular weight excluding hydrogens is 1080 g/mol. The second kappa shape index (κ2) is 31.0. The Bertz CT molecular complexity index is 3190.